The molecule has 0 aromatic carbocycles. The van der Waals surface area contributed by atoms with Crippen molar-refractivity contribution in [3.8, 4) is 0 Å². The minimum absolute atomic E-state index is 0.148. The van der Waals surface area contributed by atoms with Crippen LogP contribution in [0.15, 0.2) is 23.4 Å². The molecular weight excluding hydrogens is 217 g/mol. The molecule has 1 rings (SSSR count). The van der Waals surface area contributed by atoms with Crippen molar-refractivity contribution in [3.05, 3.63) is 23.9 Å². The molecule has 0 fully saturated rings. The first-order valence-electron chi connectivity index (χ1n) is 3.48. The van der Waals surface area contributed by atoms with E-state index < -0.39 is 21.5 Å². The molecule has 0 spiro atoms. The minimum Gasteiger partial charge on any atom is -0.248 e. The molecule has 1 aromatic rings. The first-order chi connectivity index (χ1) is 6.21. The van der Waals surface area contributed by atoms with Gasteiger partial charge in [-0.1, -0.05) is 0 Å². The second-order valence-corrected chi connectivity index (χ2v) is 4.83. The Bertz CT molecular complexity index is 421. The maximum absolute atomic E-state index is 12.1. The van der Waals surface area contributed by atoms with E-state index in [9.17, 15) is 17.4 Å². The predicted molar refractivity (Wildman–Crippen MR) is 44.3 cm³/mol. The van der Waals surface area contributed by atoms with E-state index in [1.54, 1.807) is 0 Å². The van der Waals surface area contributed by atoms with Gasteiger partial charge in [0.05, 0.1) is 15.3 Å². The predicted octanol–water partition coefficient (Wildman–Crippen LogP) is 2.14. The summed E-state index contributed by atoms with van der Waals surface area (Å²) < 4.78 is 54.3. The van der Waals surface area contributed by atoms with E-state index in [2.05, 4.69) is 4.98 Å². The number of aromatic nitrogens is 1. The van der Waals surface area contributed by atoms with Gasteiger partial charge >= 0.3 is 6.18 Å². The van der Waals surface area contributed by atoms with Gasteiger partial charge in [0.2, 0.25) is 0 Å². The van der Waals surface area contributed by atoms with E-state index in [1.165, 1.54) is 0 Å². The Labute approximate surface area is 78.9 Å². The van der Waals surface area contributed by atoms with Crippen LogP contribution in [0, 0.1) is 4.78 Å². The molecule has 0 aliphatic heterocycles. The molecule has 3 nitrogen and oxygen atoms in total. The van der Waals surface area contributed by atoms with Crippen LogP contribution in [0.3, 0.4) is 0 Å². The molecule has 14 heavy (non-hydrogen) atoms. The second-order valence-electron chi connectivity index (χ2n) is 2.73. The average molecular weight is 224 g/mol. The van der Waals surface area contributed by atoms with E-state index in [1.807, 2.05) is 0 Å². The zero-order valence-corrected chi connectivity index (χ0v) is 7.95. The highest BCUT2D eigenvalue weighted by Crippen LogP contribution is 2.28. The van der Waals surface area contributed by atoms with Gasteiger partial charge in [0.15, 0.2) is 0 Å². The third kappa shape index (κ3) is 2.44. The Morgan fingerprint density at radius 2 is 2.00 bits per heavy atom. The first-order valence-corrected chi connectivity index (χ1v) is 5.45. The van der Waals surface area contributed by atoms with Crippen LogP contribution in [-0.2, 0) is 15.9 Å². The van der Waals surface area contributed by atoms with Crippen molar-refractivity contribution in [3.63, 3.8) is 0 Å². The average Bonchev–Trinajstić information content (AvgIpc) is 2.01. The molecule has 0 saturated heterocycles. The topological polar surface area (TPSA) is 53.8 Å². The molecule has 0 saturated carbocycles. The summed E-state index contributed by atoms with van der Waals surface area (Å²) in [6.45, 7) is 0. The molecule has 0 aliphatic carbocycles. The number of halogens is 3. The highest BCUT2D eigenvalue weighted by Gasteiger charge is 2.30. The standard InChI is InChI=1S/C7H7F3N2OS/c1-14(11,13)6-3-2-5(4-12-6)7(8,9)10/h2-4,11H,1H3. The van der Waals surface area contributed by atoms with E-state index in [0.29, 0.717) is 6.20 Å². The molecule has 1 aromatic heterocycles. The fraction of sp³-hybridized carbons (Fsp3) is 0.286. The van der Waals surface area contributed by atoms with Gasteiger partial charge in [-0.25, -0.2) is 14.0 Å². The van der Waals surface area contributed by atoms with Crippen LogP contribution in [-0.4, -0.2) is 15.4 Å². The van der Waals surface area contributed by atoms with Crippen LogP contribution in [0.5, 0.6) is 0 Å². The van der Waals surface area contributed by atoms with Gasteiger partial charge in [0.1, 0.15) is 5.03 Å². The van der Waals surface area contributed by atoms with Gasteiger partial charge in [0.25, 0.3) is 0 Å². The van der Waals surface area contributed by atoms with Crippen molar-refractivity contribution in [1.82, 2.24) is 4.98 Å². The van der Waals surface area contributed by atoms with E-state index in [4.69, 9.17) is 4.78 Å². The maximum atomic E-state index is 12.1. The van der Waals surface area contributed by atoms with E-state index >= 15 is 0 Å². The first kappa shape index (κ1) is 11.0. The van der Waals surface area contributed by atoms with Crippen molar-refractivity contribution >= 4 is 9.73 Å². The fourth-order valence-corrected chi connectivity index (χ4v) is 1.36. The van der Waals surface area contributed by atoms with E-state index in [0.717, 1.165) is 18.4 Å². The third-order valence-corrected chi connectivity index (χ3v) is 2.50. The zero-order chi connectivity index (χ0) is 11.0. The zero-order valence-electron chi connectivity index (χ0n) is 7.13. The van der Waals surface area contributed by atoms with Crippen molar-refractivity contribution in [2.75, 3.05) is 6.26 Å². The van der Waals surface area contributed by atoms with Gasteiger partial charge in [-0.15, -0.1) is 0 Å². The lowest BCUT2D eigenvalue weighted by Crippen LogP contribution is -2.07. The number of rotatable bonds is 1. The van der Waals surface area contributed by atoms with Gasteiger partial charge in [-0.3, -0.25) is 0 Å². The Morgan fingerprint density at radius 1 is 1.43 bits per heavy atom. The van der Waals surface area contributed by atoms with Crippen LogP contribution >= 0.6 is 0 Å². The van der Waals surface area contributed by atoms with Crippen LogP contribution in [0.4, 0.5) is 13.2 Å². The van der Waals surface area contributed by atoms with Crippen molar-refractivity contribution < 1.29 is 17.4 Å². The van der Waals surface area contributed by atoms with Crippen LogP contribution in [0.1, 0.15) is 5.56 Å². The van der Waals surface area contributed by atoms with Crippen molar-refractivity contribution in [1.29, 1.82) is 4.78 Å². The highest BCUT2D eigenvalue weighted by molar-refractivity contribution is 7.91. The number of alkyl halides is 3. The quantitative estimate of drug-likeness (QED) is 0.794. The molecule has 1 N–H and O–H groups in total. The molecule has 0 radical (unpaired) electrons. The summed E-state index contributed by atoms with van der Waals surface area (Å²) in [5, 5.41) is -0.148. The van der Waals surface area contributed by atoms with Gasteiger partial charge < -0.3 is 0 Å². The largest absolute Gasteiger partial charge is 0.417 e. The lowest BCUT2D eigenvalue weighted by atomic mass is 10.3. The normalized spacial score (nSPS) is 16.3. The summed E-state index contributed by atoms with van der Waals surface area (Å²) in [4.78, 5) is 3.33. The summed E-state index contributed by atoms with van der Waals surface area (Å²) in [6.07, 6.45) is -2.78. The summed E-state index contributed by atoms with van der Waals surface area (Å²) in [5.74, 6) is 0. The number of hydrogen-bond donors (Lipinski definition) is 1. The molecule has 1 heterocycles. The van der Waals surface area contributed by atoms with Gasteiger partial charge in [-0.2, -0.15) is 13.2 Å². The van der Waals surface area contributed by atoms with Gasteiger partial charge in [-0.05, 0) is 12.1 Å². The second kappa shape index (κ2) is 3.23. The van der Waals surface area contributed by atoms with Crippen LogP contribution in [0.2, 0.25) is 0 Å². The molecular formula is C7H7F3N2OS. The highest BCUT2D eigenvalue weighted by atomic mass is 32.2. The summed E-state index contributed by atoms with van der Waals surface area (Å²) in [6, 6.07) is 1.72. The number of nitrogens with zero attached hydrogens (tertiary/aromatic N) is 1. The lowest BCUT2D eigenvalue weighted by Gasteiger charge is -2.06. The molecule has 7 heteroatoms. The van der Waals surface area contributed by atoms with Crippen LogP contribution < -0.4 is 0 Å². The molecule has 0 bridgehead atoms. The van der Waals surface area contributed by atoms with Crippen molar-refractivity contribution in [2.45, 2.75) is 11.2 Å². The minimum atomic E-state index is -4.46. The maximum Gasteiger partial charge on any atom is 0.417 e. The monoisotopic (exact) mass is 224 g/mol. The Morgan fingerprint density at radius 3 is 2.29 bits per heavy atom. The summed E-state index contributed by atoms with van der Waals surface area (Å²) in [7, 11) is -3.04. The lowest BCUT2D eigenvalue weighted by molar-refractivity contribution is -0.137. The van der Waals surface area contributed by atoms with Gasteiger partial charge in [0, 0.05) is 12.5 Å². The SMILES string of the molecule is CS(=N)(=O)c1ccc(C(F)(F)F)cn1. The Balaban J connectivity index is 3.14. The molecule has 1 atom stereocenters. The summed E-state index contributed by atoms with van der Waals surface area (Å²) >= 11 is 0. The van der Waals surface area contributed by atoms with Crippen molar-refractivity contribution in [2.24, 2.45) is 0 Å². The number of pyridine rings is 1. The molecule has 0 amide bonds. The Hall–Kier alpha value is -1.11. The fourth-order valence-electron chi connectivity index (χ4n) is 0.778. The molecule has 0 aliphatic rings. The number of hydrogen-bond acceptors (Lipinski definition) is 3. The van der Waals surface area contributed by atoms with Crippen LogP contribution in [0.25, 0.3) is 0 Å². The molecule has 1 unspecified atom stereocenters. The van der Waals surface area contributed by atoms with E-state index in [-0.39, 0.29) is 5.03 Å². The smallest absolute Gasteiger partial charge is 0.248 e. The Kier molecular flexibility index (Phi) is 2.53. The third-order valence-electron chi connectivity index (χ3n) is 1.46. The molecule has 78 valence electrons. The number of nitrogens with one attached hydrogen (secondary N) is 1. The summed E-state index contributed by atoms with van der Waals surface area (Å²) in [5.41, 5.74) is -0.912.